The molecule has 0 amide bonds. The third-order valence-electron chi connectivity index (χ3n) is 4.46. The summed E-state index contributed by atoms with van der Waals surface area (Å²) in [6, 6.07) is 0. The molecule has 0 atom stereocenters. The molecule has 3 nitrogen and oxygen atoms in total. The SMILES string of the molecule is CCc1ncc(CN2CCC3(CCNCC3)C2)s1.Cl. The monoisotopic (exact) mass is 301 g/mol. The van der Waals surface area contributed by atoms with Gasteiger partial charge >= 0.3 is 0 Å². The number of halogens is 1. The van der Waals surface area contributed by atoms with Crippen LogP contribution in [0.25, 0.3) is 0 Å². The zero-order valence-corrected chi connectivity index (χ0v) is 13.3. The van der Waals surface area contributed by atoms with Gasteiger partial charge < -0.3 is 5.32 Å². The van der Waals surface area contributed by atoms with E-state index in [9.17, 15) is 0 Å². The summed E-state index contributed by atoms with van der Waals surface area (Å²) in [6.45, 7) is 8.31. The number of piperidine rings is 1. The van der Waals surface area contributed by atoms with Crippen molar-refractivity contribution >= 4 is 23.7 Å². The first kappa shape index (κ1) is 15.2. The molecule has 2 fully saturated rings. The fourth-order valence-electron chi connectivity index (χ4n) is 3.33. The highest BCUT2D eigenvalue weighted by Gasteiger charge is 2.38. The lowest BCUT2D eigenvalue weighted by molar-refractivity contribution is 0.194. The molecule has 2 saturated heterocycles. The van der Waals surface area contributed by atoms with E-state index in [1.807, 2.05) is 11.3 Å². The van der Waals surface area contributed by atoms with E-state index < -0.39 is 0 Å². The summed E-state index contributed by atoms with van der Waals surface area (Å²) in [6.07, 6.45) is 7.28. The lowest BCUT2D eigenvalue weighted by Gasteiger charge is -2.33. The van der Waals surface area contributed by atoms with Crippen molar-refractivity contribution in [3.05, 3.63) is 16.1 Å². The van der Waals surface area contributed by atoms with Crippen LogP contribution in [0.15, 0.2) is 6.20 Å². The van der Waals surface area contributed by atoms with Crippen molar-refractivity contribution in [2.24, 2.45) is 5.41 Å². The molecule has 1 spiro atoms. The van der Waals surface area contributed by atoms with Crippen molar-refractivity contribution < 1.29 is 0 Å². The summed E-state index contributed by atoms with van der Waals surface area (Å²) in [5, 5.41) is 4.76. The molecule has 0 saturated carbocycles. The zero-order chi connectivity index (χ0) is 12.4. The highest BCUT2D eigenvalue weighted by atomic mass is 35.5. The number of nitrogens with zero attached hydrogens (tertiary/aromatic N) is 2. The molecule has 2 aliphatic heterocycles. The first-order valence-electron chi connectivity index (χ1n) is 7.16. The van der Waals surface area contributed by atoms with Gasteiger partial charge in [0.25, 0.3) is 0 Å². The van der Waals surface area contributed by atoms with E-state index >= 15 is 0 Å². The average Bonchev–Trinajstić information content (AvgIpc) is 2.99. The number of aromatic nitrogens is 1. The summed E-state index contributed by atoms with van der Waals surface area (Å²) in [5.41, 5.74) is 0.628. The summed E-state index contributed by atoms with van der Waals surface area (Å²) in [4.78, 5) is 8.54. The fourth-order valence-corrected chi connectivity index (χ4v) is 4.24. The van der Waals surface area contributed by atoms with Crippen LogP contribution in [0.4, 0.5) is 0 Å². The fraction of sp³-hybridized carbons (Fsp3) is 0.786. The van der Waals surface area contributed by atoms with Crippen LogP contribution in [0.3, 0.4) is 0 Å². The molecule has 0 aromatic carbocycles. The van der Waals surface area contributed by atoms with Crippen molar-refractivity contribution in [1.29, 1.82) is 0 Å². The van der Waals surface area contributed by atoms with E-state index in [0.29, 0.717) is 5.41 Å². The quantitative estimate of drug-likeness (QED) is 0.930. The number of hydrogen-bond donors (Lipinski definition) is 1. The Morgan fingerprint density at radius 1 is 1.37 bits per heavy atom. The van der Waals surface area contributed by atoms with Gasteiger partial charge in [0.15, 0.2) is 0 Å². The van der Waals surface area contributed by atoms with Gasteiger partial charge in [-0.15, -0.1) is 23.7 Å². The lowest BCUT2D eigenvalue weighted by atomic mass is 9.78. The van der Waals surface area contributed by atoms with Crippen molar-refractivity contribution in [3.63, 3.8) is 0 Å². The molecule has 0 bridgehead atoms. The van der Waals surface area contributed by atoms with Gasteiger partial charge in [0.05, 0.1) is 5.01 Å². The summed E-state index contributed by atoms with van der Waals surface area (Å²) < 4.78 is 0. The minimum absolute atomic E-state index is 0. The molecule has 5 heteroatoms. The highest BCUT2D eigenvalue weighted by Crippen LogP contribution is 2.39. The second-order valence-electron chi connectivity index (χ2n) is 5.78. The molecule has 0 aliphatic carbocycles. The average molecular weight is 302 g/mol. The molecular weight excluding hydrogens is 278 g/mol. The predicted octanol–water partition coefficient (Wildman–Crippen LogP) is 2.70. The molecule has 19 heavy (non-hydrogen) atoms. The number of aryl methyl sites for hydroxylation is 1. The molecule has 0 unspecified atom stereocenters. The van der Waals surface area contributed by atoms with E-state index in [1.54, 1.807) is 0 Å². The Kier molecular flexibility index (Phi) is 5.23. The molecule has 1 aromatic heterocycles. The van der Waals surface area contributed by atoms with Crippen LogP contribution in [-0.4, -0.2) is 36.1 Å². The molecule has 3 heterocycles. The van der Waals surface area contributed by atoms with Crippen LogP contribution >= 0.6 is 23.7 Å². The Morgan fingerprint density at radius 3 is 2.84 bits per heavy atom. The molecule has 108 valence electrons. The van der Waals surface area contributed by atoms with Crippen molar-refractivity contribution in [3.8, 4) is 0 Å². The third-order valence-corrected chi connectivity index (χ3v) is 5.59. The predicted molar refractivity (Wildman–Crippen MR) is 83.2 cm³/mol. The minimum Gasteiger partial charge on any atom is -0.317 e. The number of likely N-dealkylation sites (tertiary alicyclic amines) is 1. The number of rotatable bonds is 3. The van der Waals surface area contributed by atoms with Crippen molar-refractivity contribution in [2.75, 3.05) is 26.2 Å². The topological polar surface area (TPSA) is 28.2 Å². The maximum absolute atomic E-state index is 4.46. The van der Waals surface area contributed by atoms with Crippen molar-refractivity contribution in [1.82, 2.24) is 15.2 Å². The second-order valence-corrected chi connectivity index (χ2v) is 6.98. The standard InChI is InChI=1S/C14H23N3S.ClH/c1-2-13-16-9-12(18-13)10-17-8-5-14(11-17)3-6-15-7-4-14;/h9,15H,2-8,10-11H2,1H3;1H. The largest absolute Gasteiger partial charge is 0.317 e. The van der Waals surface area contributed by atoms with Gasteiger partial charge in [-0.3, -0.25) is 4.90 Å². The summed E-state index contributed by atoms with van der Waals surface area (Å²) in [7, 11) is 0. The van der Waals surface area contributed by atoms with Crippen molar-refractivity contribution in [2.45, 2.75) is 39.2 Å². The van der Waals surface area contributed by atoms with E-state index in [2.05, 4.69) is 28.3 Å². The molecule has 2 aliphatic rings. The van der Waals surface area contributed by atoms with Crippen LogP contribution in [0.2, 0.25) is 0 Å². The van der Waals surface area contributed by atoms with Gasteiger partial charge in [-0.2, -0.15) is 0 Å². The summed E-state index contributed by atoms with van der Waals surface area (Å²) >= 11 is 1.89. The van der Waals surface area contributed by atoms with Crippen LogP contribution in [-0.2, 0) is 13.0 Å². The number of thiazole rings is 1. The smallest absolute Gasteiger partial charge is 0.0925 e. The molecule has 1 N–H and O–H groups in total. The Labute approximate surface area is 126 Å². The maximum Gasteiger partial charge on any atom is 0.0925 e. The van der Waals surface area contributed by atoms with E-state index in [4.69, 9.17) is 0 Å². The van der Waals surface area contributed by atoms with Crippen LogP contribution in [0, 0.1) is 5.41 Å². The van der Waals surface area contributed by atoms with Gasteiger partial charge in [0.2, 0.25) is 0 Å². The molecule has 3 rings (SSSR count). The Bertz CT molecular complexity index is 401. The first-order chi connectivity index (χ1) is 8.80. The number of nitrogens with one attached hydrogen (secondary N) is 1. The van der Waals surface area contributed by atoms with Gasteiger partial charge in [-0.1, -0.05) is 6.92 Å². The van der Waals surface area contributed by atoms with Crippen LogP contribution in [0.1, 0.15) is 36.1 Å². The molecular formula is C14H24ClN3S. The lowest BCUT2D eigenvalue weighted by Crippen LogP contribution is -2.38. The van der Waals surface area contributed by atoms with Crippen LogP contribution in [0.5, 0.6) is 0 Å². The van der Waals surface area contributed by atoms with Gasteiger partial charge in [-0.05, 0) is 50.7 Å². The first-order valence-corrected chi connectivity index (χ1v) is 7.98. The van der Waals surface area contributed by atoms with Gasteiger partial charge in [0, 0.05) is 24.2 Å². The number of hydrogen-bond acceptors (Lipinski definition) is 4. The normalized spacial score (nSPS) is 22.6. The van der Waals surface area contributed by atoms with Gasteiger partial charge in [-0.25, -0.2) is 4.98 Å². The maximum atomic E-state index is 4.46. The van der Waals surface area contributed by atoms with E-state index in [-0.39, 0.29) is 12.4 Å². The highest BCUT2D eigenvalue weighted by molar-refractivity contribution is 7.11. The van der Waals surface area contributed by atoms with E-state index in [1.165, 1.54) is 55.3 Å². The summed E-state index contributed by atoms with van der Waals surface area (Å²) in [5.74, 6) is 0. The minimum atomic E-state index is 0. The Morgan fingerprint density at radius 2 is 2.16 bits per heavy atom. The van der Waals surface area contributed by atoms with E-state index in [0.717, 1.165) is 13.0 Å². The molecule has 0 radical (unpaired) electrons. The zero-order valence-electron chi connectivity index (χ0n) is 11.7. The molecule has 1 aromatic rings. The Balaban J connectivity index is 0.00000133. The Hall–Kier alpha value is -0.160. The van der Waals surface area contributed by atoms with Crippen LogP contribution < -0.4 is 5.32 Å². The van der Waals surface area contributed by atoms with Gasteiger partial charge in [0.1, 0.15) is 0 Å². The third kappa shape index (κ3) is 3.48. The second kappa shape index (κ2) is 6.53.